The van der Waals surface area contributed by atoms with Crippen LogP contribution in [-0.4, -0.2) is 40.5 Å². The van der Waals surface area contributed by atoms with E-state index in [4.69, 9.17) is 10.0 Å². The molecule has 0 bridgehead atoms. The molecule has 0 spiro atoms. The number of carbonyl (C=O) groups is 3. The first-order valence-corrected chi connectivity index (χ1v) is 5.03. The maximum Gasteiger partial charge on any atom is 0.657 e. The van der Waals surface area contributed by atoms with Gasteiger partial charge < -0.3 is 14.8 Å². The van der Waals surface area contributed by atoms with Gasteiger partial charge >= 0.3 is 7.32 Å². The molecule has 1 aromatic rings. The van der Waals surface area contributed by atoms with Crippen molar-refractivity contribution in [3.63, 3.8) is 0 Å². The van der Waals surface area contributed by atoms with Gasteiger partial charge in [-0.2, -0.15) is 5.06 Å². The normalized spacial score (nSPS) is 13.8. The molecule has 7 nitrogen and oxygen atoms in total. The number of benzene rings is 1. The Labute approximate surface area is 102 Å². The van der Waals surface area contributed by atoms with Gasteiger partial charge in [0.2, 0.25) is 0 Å². The summed E-state index contributed by atoms with van der Waals surface area (Å²) >= 11 is 0. The van der Waals surface area contributed by atoms with Gasteiger partial charge in [0.25, 0.3) is 11.8 Å². The Kier molecular flexibility index (Phi) is 3.24. The van der Waals surface area contributed by atoms with Crippen molar-refractivity contribution >= 4 is 25.4 Å². The summed E-state index contributed by atoms with van der Waals surface area (Å²) in [5.74, 6) is -1.61. The van der Waals surface area contributed by atoms with Crippen molar-refractivity contribution in [1.82, 2.24) is 5.06 Å². The number of hydrogen-bond acceptors (Lipinski definition) is 6. The first kappa shape index (κ1) is 12.4. The van der Waals surface area contributed by atoms with Gasteiger partial charge in [0.1, 0.15) is 6.29 Å². The van der Waals surface area contributed by atoms with Crippen molar-refractivity contribution < 1.29 is 29.2 Å². The minimum absolute atomic E-state index is 0.0162. The van der Waals surface area contributed by atoms with E-state index in [1.54, 1.807) is 0 Å². The number of rotatable bonds is 4. The molecule has 2 amide bonds. The van der Waals surface area contributed by atoms with Gasteiger partial charge in [0.05, 0.1) is 11.1 Å². The summed E-state index contributed by atoms with van der Waals surface area (Å²) in [4.78, 5) is 34.1. The summed E-state index contributed by atoms with van der Waals surface area (Å²) in [5.41, 5.74) is 0.509. The van der Waals surface area contributed by atoms with E-state index in [2.05, 4.69) is 4.76 Å². The summed E-state index contributed by atoms with van der Waals surface area (Å²) in [7, 11) is -2.28. The lowest BCUT2D eigenvalue weighted by atomic mass is 10.0. The van der Waals surface area contributed by atoms with Crippen LogP contribution in [0, 0.1) is 0 Å². The number of carbonyl (C=O) groups excluding carboxylic acids is 3. The molecule has 8 heteroatoms. The number of nitrogens with zero attached hydrogens (tertiary/aromatic N) is 1. The van der Waals surface area contributed by atoms with E-state index in [0.29, 0.717) is 11.8 Å². The van der Waals surface area contributed by atoms with E-state index in [1.807, 2.05) is 0 Å². The zero-order chi connectivity index (χ0) is 13.3. The average Bonchev–Trinajstić information content (AvgIpc) is 2.56. The Bertz CT molecular complexity index is 529. The van der Waals surface area contributed by atoms with Crippen LogP contribution in [0.3, 0.4) is 0 Å². The van der Waals surface area contributed by atoms with Crippen LogP contribution < -0.4 is 0 Å². The summed E-state index contributed by atoms with van der Waals surface area (Å²) in [6.07, 6.45) is 0.593. The number of hydroxylamine groups is 2. The third-order valence-electron chi connectivity index (χ3n) is 2.47. The molecule has 1 aliphatic rings. The number of aldehydes is 1. The monoisotopic (exact) mass is 249 g/mol. The summed E-state index contributed by atoms with van der Waals surface area (Å²) in [6.45, 7) is 0. The van der Waals surface area contributed by atoms with E-state index >= 15 is 0 Å². The highest BCUT2D eigenvalue weighted by Crippen LogP contribution is 2.26. The van der Waals surface area contributed by atoms with E-state index < -0.39 is 19.1 Å². The predicted molar refractivity (Wildman–Crippen MR) is 58.0 cm³/mol. The molecule has 0 saturated heterocycles. The quantitative estimate of drug-likeness (QED) is 0.399. The Morgan fingerprint density at radius 1 is 1.28 bits per heavy atom. The van der Waals surface area contributed by atoms with Crippen molar-refractivity contribution in [3.05, 3.63) is 34.9 Å². The lowest BCUT2D eigenvalue weighted by molar-refractivity contribution is -0.107. The van der Waals surface area contributed by atoms with Crippen LogP contribution in [-0.2, 0) is 16.0 Å². The lowest BCUT2D eigenvalue weighted by Crippen LogP contribution is -2.37. The van der Waals surface area contributed by atoms with E-state index in [1.165, 1.54) is 18.2 Å². The second kappa shape index (κ2) is 4.69. The lowest BCUT2D eigenvalue weighted by Gasteiger charge is -2.12. The molecule has 0 aliphatic carbocycles. The molecule has 2 N–H and O–H groups in total. The molecule has 1 aliphatic heterocycles. The van der Waals surface area contributed by atoms with Gasteiger partial charge in [-0.3, -0.25) is 14.3 Å². The molecule has 0 radical (unpaired) electrons. The molecule has 18 heavy (non-hydrogen) atoms. The van der Waals surface area contributed by atoms with Crippen LogP contribution in [0.15, 0.2) is 18.2 Å². The van der Waals surface area contributed by atoms with Gasteiger partial charge in [-0.1, -0.05) is 12.1 Å². The van der Waals surface area contributed by atoms with Crippen LogP contribution in [0.25, 0.3) is 0 Å². The predicted octanol–water partition coefficient (Wildman–Crippen LogP) is -1.07. The van der Waals surface area contributed by atoms with Crippen molar-refractivity contribution in [2.24, 2.45) is 0 Å². The summed E-state index contributed by atoms with van der Waals surface area (Å²) in [6, 6.07) is 4.47. The van der Waals surface area contributed by atoms with Gasteiger partial charge in [0.15, 0.2) is 0 Å². The molecular formula is C10H8BNO6. The fraction of sp³-hybridized carbons (Fsp3) is 0.100. The van der Waals surface area contributed by atoms with E-state index in [-0.39, 0.29) is 22.6 Å². The van der Waals surface area contributed by atoms with E-state index in [9.17, 15) is 14.4 Å². The standard InChI is InChI=1S/C10H8BNO6/c13-5-4-6-2-1-3-7-8(6)10(15)12(9(7)14)18-11(16)17/h1-3,5,16-17H,4H2. The summed E-state index contributed by atoms with van der Waals surface area (Å²) in [5, 5.41) is 17.5. The average molecular weight is 249 g/mol. The van der Waals surface area contributed by atoms with Crippen molar-refractivity contribution in [3.8, 4) is 0 Å². The van der Waals surface area contributed by atoms with Crippen LogP contribution in [0.1, 0.15) is 26.3 Å². The Morgan fingerprint density at radius 3 is 2.61 bits per heavy atom. The van der Waals surface area contributed by atoms with Crippen molar-refractivity contribution in [2.75, 3.05) is 0 Å². The first-order valence-electron chi connectivity index (χ1n) is 5.03. The number of imide groups is 1. The van der Waals surface area contributed by atoms with Gasteiger partial charge in [-0.25, -0.2) is 0 Å². The molecule has 0 atom stereocenters. The smallest absolute Gasteiger partial charge is 0.400 e. The fourth-order valence-corrected chi connectivity index (χ4v) is 1.78. The fourth-order valence-electron chi connectivity index (χ4n) is 1.78. The Morgan fingerprint density at radius 2 is 2.00 bits per heavy atom. The molecule has 0 fully saturated rings. The number of fused-ring (bicyclic) bond motifs is 1. The zero-order valence-electron chi connectivity index (χ0n) is 9.07. The Balaban J connectivity index is 2.45. The molecule has 0 unspecified atom stereocenters. The molecule has 1 aromatic carbocycles. The molecule has 1 heterocycles. The highest BCUT2D eigenvalue weighted by atomic mass is 16.8. The van der Waals surface area contributed by atoms with Crippen molar-refractivity contribution in [1.29, 1.82) is 0 Å². The SMILES string of the molecule is O=CCc1cccc2c1C(=O)N(OB(O)O)C2=O. The molecule has 0 saturated carbocycles. The van der Waals surface area contributed by atoms with E-state index in [0.717, 1.165) is 0 Å². The van der Waals surface area contributed by atoms with Crippen LogP contribution in [0.2, 0.25) is 0 Å². The van der Waals surface area contributed by atoms with Crippen LogP contribution >= 0.6 is 0 Å². The van der Waals surface area contributed by atoms with Crippen LogP contribution in [0.4, 0.5) is 0 Å². The van der Waals surface area contributed by atoms with Crippen LogP contribution in [0.5, 0.6) is 0 Å². The maximum atomic E-state index is 11.9. The second-order valence-electron chi connectivity index (χ2n) is 3.55. The first-order chi connectivity index (χ1) is 8.56. The largest absolute Gasteiger partial charge is 0.657 e. The third kappa shape index (κ3) is 1.92. The number of amides is 2. The molecule has 0 aromatic heterocycles. The minimum atomic E-state index is -2.28. The summed E-state index contributed by atoms with van der Waals surface area (Å²) < 4.78 is 4.31. The maximum absolute atomic E-state index is 11.9. The van der Waals surface area contributed by atoms with Crippen molar-refractivity contribution in [2.45, 2.75) is 6.42 Å². The second-order valence-corrected chi connectivity index (χ2v) is 3.55. The molecular weight excluding hydrogens is 241 g/mol. The number of hydrogen-bond donors (Lipinski definition) is 2. The van der Waals surface area contributed by atoms with Gasteiger partial charge in [-0.15, -0.1) is 0 Å². The van der Waals surface area contributed by atoms with Gasteiger partial charge in [0, 0.05) is 6.42 Å². The Hall–Kier alpha value is -2.03. The molecule has 2 rings (SSSR count). The highest BCUT2D eigenvalue weighted by Gasteiger charge is 2.40. The topological polar surface area (TPSA) is 104 Å². The molecule has 92 valence electrons. The minimum Gasteiger partial charge on any atom is -0.400 e. The highest BCUT2D eigenvalue weighted by molar-refractivity contribution is 6.34. The third-order valence-corrected chi connectivity index (χ3v) is 2.47. The zero-order valence-corrected chi connectivity index (χ0v) is 9.07. The van der Waals surface area contributed by atoms with Gasteiger partial charge in [-0.05, 0) is 11.6 Å².